The van der Waals surface area contributed by atoms with Crippen molar-refractivity contribution in [2.75, 3.05) is 5.32 Å². The number of pyridine rings is 1. The second-order valence-corrected chi connectivity index (χ2v) is 4.38. The zero-order valence-corrected chi connectivity index (χ0v) is 11.1. The molecule has 0 saturated carbocycles. The van der Waals surface area contributed by atoms with E-state index in [9.17, 15) is 4.79 Å². The molecule has 2 aromatic heterocycles. The fourth-order valence-electron chi connectivity index (χ4n) is 1.89. The van der Waals surface area contributed by atoms with Gasteiger partial charge in [-0.3, -0.25) is 9.78 Å². The van der Waals surface area contributed by atoms with Gasteiger partial charge in [-0.1, -0.05) is 36.4 Å². The van der Waals surface area contributed by atoms with E-state index in [1.807, 2.05) is 36.4 Å². The summed E-state index contributed by atoms with van der Waals surface area (Å²) in [6.45, 7) is 0. The first-order valence-corrected chi connectivity index (χ1v) is 6.41. The van der Waals surface area contributed by atoms with Crippen LogP contribution in [-0.4, -0.2) is 20.9 Å². The van der Waals surface area contributed by atoms with Crippen LogP contribution < -0.4 is 5.32 Å². The van der Waals surface area contributed by atoms with Crippen LogP contribution in [0, 0.1) is 0 Å². The summed E-state index contributed by atoms with van der Waals surface area (Å²) in [4.78, 5) is 23.9. The summed E-state index contributed by atoms with van der Waals surface area (Å²) in [5.74, 6) is -0.288. The first-order chi connectivity index (χ1) is 10.3. The topological polar surface area (TPSA) is 67.8 Å². The molecule has 0 bridgehead atoms. The standard InChI is InChI=1S/C16H12N4O/c21-16(20-14-9-17-11-18-10-14)15-7-6-13(8-19-15)12-4-2-1-3-5-12/h1-11H,(H,20,21). The van der Waals surface area contributed by atoms with Crippen molar-refractivity contribution in [1.29, 1.82) is 0 Å². The second kappa shape index (κ2) is 5.92. The van der Waals surface area contributed by atoms with Gasteiger partial charge in [-0.25, -0.2) is 9.97 Å². The second-order valence-electron chi connectivity index (χ2n) is 4.38. The highest BCUT2D eigenvalue weighted by atomic mass is 16.1. The molecule has 0 aliphatic rings. The predicted molar refractivity (Wildman–Crippen MR) is 79.7 cm³/mol. The van der Waals surface area contributed by atoms with Crippen LogP contribution in [0.15, 0.2) is 67.4 Å². The van der Waals surface area contributed by atoms with Gasteiger partial charge >= 0.3 is 0 Å². The van der Waals surface area contributed by atoms with Crippen molar-refractivity contribution in [2.45, 2.75) is 0 Å². The van der Waals surface area contributed by atoms with E-state index in [1.165, 1.54) is 18.7 Å². The largest absolute Gasteiger partial charge is 0.318 e. The van der Waals surface area contributed by atoms with Gasteiger partial charge in [-0.15, -0.1) is 0 Å². The SMILES string of the molecule is O=C(Nc1cncnc1)c1ccc(-c2ccccc2)cn1. The molecule has 3 rings (SSSR count). The third-order valence-corrected chi connectivity index (χ3v) is 2.92. The van der Waals surface area contributed by atoms with Crippen LogP contribution in [0.25, 0.3) is 11.1 Å². The Labute approximate surface area is 121 Å². The molecule has 21 heavy (non-hydrogen) atoms. The Morgan fingerprint density at radius 1 is 0.857 bits per heavy atom. The van der Waals surface area contributed by atoms with Crippen LogP contribution in [0.1, 0.15) is 10.5 Å². The van der Waals surface area contributed by atoms with E-state index in [0.29, 0.717) is 11.4 Å². The van der Waals surface area contributed by atoms with Crippen LogP contribution >= 0.6 is 0 Å². The Hall–Kier alpha value is -3.08. The number of anilines is 1. The van der Waals surface area contributed by atoms with Crippen LogP contribution in [-0.2, 0) is 0 Å². The molecule has 0 spiro atoms. The fourth-order valence-corrected chi connectivity index (χ4v) is 1.89. The molecule has 5 nitrogen and oxygen atoms in total. The van der Waals surface area contributed by atoms with Gasteiger partial charge in [-0.2, -0.15) is 0 Å². The summed E-state index contributed by atoms with van der Waals surface area (Å²) in [5.41, 5.74) is 2.92. The molecule has 0 fully saturated rings. The van der Waals surface area contributed by atoms with E-state index in [1.54, 1.807) is 12.3 Å². The van der Waals surface area contributed by atoms with E-state index < -0.39 is 0 Å². The Morgan fingerprint density at radius 3 is 2.29 bits per heavy atom. The number of nitrogens with one attached hydrogen (secondary N) is 1. The van der Waals surface area contributed by atoms with Gasteiger partial charge in [0.2, 0.25) is 0 Å². The molecule has 1 N–H and O–H groups in total. The lowest BCUT2D eigenvalue weighted by Gasteiger charge is -2.05. The molecule has 5 heteroatoms. The highest BCUT2D eigenvalue weighted by molar-refractivity contribution is 6.02. The lowest BCUT2D eigenvalue weighted by molar-refractivity contribution is 0.102. The number of carbonyl (C=O) groups excluding carboxylic acids is 1. The summed E-state index contributed by atoms with van der Waals surface area (Å²) in [5, 5.41) is 2.69. The van der Waals surface area contributed by atoms with E-state index >= 15 is 0 Å². The van der Waals surface area contributed by atoms with Gasteiger partial charge in [0.15, 0.2) is 0 Å². The molecule has 1 amide bonds. The quantitative estimate of drug-likeness (QED) is 0.798. The van der Waals surface area contributed by atoms with Gasteiger partial charge in [-0.05, 0) is 11.6 Å². The van der Waals surface area contributed by atoms with Gasteiger partial charge in [0, 0.05) is 11.8 Å². The Morgan fingerprint density at radius 2 is 1.62 bits per heavy atom. The average Bonchev–Trinajstić information content (AvgIpc) is 2.57. The predicted octanol–water partition coefficient (Wildman–Crippen LogP) is 2.79. The Kier molecular flexibility index (Phi) is 3.64. The number of rotatable bonds is 3. The lowest BCUT2D eigenvalue weighted by atomic mass is 10.1. The molecule has 0 radical (unpaired) electrons. The third kappa shape index (κ3) is 3.09. The van der Waals surface area contributed by atoms with Crippen molar-refractivity contribution in [3.8, 4) is 11.1 Å². The molecular weight excluding hydrogens is 264 g/mol. The average molecular weight is 276 g/mol. The smallest absolute Gasteiger partial charge is 0.274 e. The van der Waals surface area contributed by atoms with Gasteiger partial charge in [0.25, 0.3) is 5.91 Å². The van der Waals surface area contributed by atoms with Crippen molar-refractivity contribution >= 4 is 11.6 Å². The summed E-state index contributed by atoms with van der Waals surface area (Å²) in [6, 6.07) is 13.5. The zero-order chi connectivity index (χ0) is 14.5. The summed E-state index contributed by atoms with van der Waals surface area (Å²) < 4.78 is 0. The van der Waals surface area contributed by atoms with Crippen molar-refractivity contribution < 1.29 is 4.79 Å². The van der Waals surface area contributed by atoms with Crippen molar-refractivity contribution in [3.05, 3.63) is 73.1 Å². The van der Waals surface area contributed by atoms with Crippen molar-refractivity contribution in [2.24, 2.45) is 0 Å². The lowest BCUT2D eigenvalue weighted by Crippen LogP contribution is -2.13. The molecule has 2 heterocycles. The van der Waals surface area contributed by atoms with E-state index in [4.69, 9.17) is 0 Å². The number of amides is 1. The number of hydrogen-bond acceptors (Lipinski definition) is 4. The molecule has 0 unspecified atom stereocenters. The minimum absolute atomic E-state index is 0.288. The van der Waals surface area contributed by atoms with E-state index in [2.05, 4.69) is 20.3 Å². The van der Waals surface area contributed by atoms with Crippen LogP contribution in [0.2, 0.25) is 0 Å². The molecule has 0 saturated heterocycles. The van der Waals surface area contributed by atoms with Crippen molar-refractivity contribution in [3.63, 3.8) is 0 Å². The number of hydrogen-bond donors (Lipinski definition) is 1. The zero-order valence-electron chi connectivity index (χ0n) is 11.1. The number of nitrogens with zero attached hydrogens (tertiary/aromatic N) is 3. The summed E-state index contributed by atoms with van der Waals surface area (Å²) >= 11 is 0. The first kappa shape index (κ1) is 12.9. The molecular formula is C16H12N4O. The Bertz CT molecular complexity index is 727. The van der Waals surface area contributed by atoms with Gasteiger partial charge < -0.3 is 5.32 Å². The highest BCUT2D eigenvalue weighted by Crippen LogP contribution is 2.17. The number of aromatic nitrogens is 3. The van der Waals surface area contributed by atoms with Crippen LogP contribution in [0.4, 0.5) is 5.69 Å². The molecule has 1 aromatic carbocycles. The molecule has 0 aliphatic heterocycles. The fraction of sp³-hybridized carbons (Fsp3) is 0. The minimum atomic E-state index is -0.288. The Balaban J connectivity index is 1.77. The molecule has 102 valence electrons. The molecule has 0 atom stereocenters. The first-order valence-electron chi connectivity index (χ1n) is 6.41. The monoisotopic (exact) mass is 276 g/mol. The van der Waals surface area contributed by atoms with Crippen LogP contribution in [0.3, 0.4) is 0 Å². The normalized spacial score (nSPS) is 10.1. The number of benzene rings is 1. The summed E-state index contributed by atoms with van der Waals surface area (Å²) in [7, 11) is 0. The maximum atomic E-state index is 12.0. The molecule has 3 aromatic rings. The van der Waals surface area contributed by atoms with Crippen LogP contribution in [0.5, 0.6) is 0 Å². The highest BCUT2D eigenvalue weighted by Gasteiger charge is 2.08. The summed E-state index contributed by atoms with van der Waals surface area (Å²) in [6.07, 6.45) is 6.15. The van der Waals surface area contributed by atoms with E-state index in [0.717, 1.165) is 11.1 Å². The molecule has 0 aliphatic carbocycles. The number of carbonyl (C=O) groups is 1. The maximum absolute atomic E-state index is 12.0. The van der Waals surface area contributed by atoms with Gasteiger partial charge in [0.05, 0.1) is 18.1 Å². The van der Waals surface area contributed by atoms with Crippen molar-refractivity contribution in [1.82, 2.24) is 15.0 Å². The maximum Gasteiger partial charge on any atom is 0.274 e. The third-order valence-electron chi connectivity index (χ3n) is 2.92. The van der Waals surface area contributed by atoms with Gasteiger partial charge in [0.1, 0.15) is 12.0 Å². The minimum Gasteiger partial charge on any atom is -0.318 e. The van der Waals surface area contributed by atoms with E-state index in [-0.39, 0.29) is 5.91 Å².